The van der Waals surface area contributed by atoms with Crippen LogP contribution in [0.25, 0.3) is 0 Å². The molecular formula is C15H16N2O2. The van der Waals surface area contributed by atoms with Crippen LogP contribution in [0, 0.1) is 0 Å². The number of nitrogens with one attached hydrogen (secondary N) is 1. The van der Waals surface area contributed by atoms with Crippen LogP contribution in [-0.4, -0.2) is 24.5 Å². The molecule has 1 amide bonds. The maximum absolute atomic E-state index is 11.4. The summed E-state index contributed by atoms with van der Waals surface area (Å²) in [6.07, 6.45) is 4.38. The van der Waals surface area contributed by atoms with Gasteiger partial charge in [-0.3, -0.25) is 9.78 Å². The summed E-state index contributed by atoms with van der Waals surface area (Å²) in [5, 5.41) is 2.58. The van der Waals surface area contributed by atoms with Gasteiger partial charge in [-0.2, -0.15) is 0 Å². The Morgan fingerprint density at radius 1 is 1.16 bits per heavy atom. The maximum atomic E-state index is 11.4. The van der Waals surface area contributed by atoms with Crippen LogP contribution in [0.1, 0.15) is 15.9 Å². The van der Waals surface area contributed by atoms with Crippen LogP contribution in [0.15, 0.2) is 48.8 Å². The highest BCUT2D eigenvalue weighted by molar-refractivity contribution is 5.94. The number of hydrogen-bond acceptors (Lipinski definition) is 3. The number of amides is 1. The van der Waals surface area contributed by atoms with Gasteiger partial charge in [0.25, 0.3) is 5.91 Å². The molecule has 0 unspecified atom stereocenters. The number of pyridine rings is 1. The maximum Gasteiger partial charge on any atom is 0.251 e. The number of nitrogens with zero attached hydrogens (tertiary/aromatic N) is 1. The van der Waals surface area contributed by atoms with E-state index in [2.05, 4.69) is 10.3 Å². The molecule has 0 spiro atoms. The van der Waals surface area contributed by atoms with E-state index in [1.165, 1.54) is 5.56 Å². The molecule has 4 nitrogen and oxygen atoms in total. The lowest BCUT2D eigenvalue weighted by atomic mass is 10.2. The smallest absolute Gasteiger partial charge is 0.251 e. The van der Waals surface area contributed by atoms with Gasteiger partial charge < -0.3 is 10.1 Å². The van der Waals surface area contributed by atoms with E-state index in [0.29, 0.717) is 12.2 Å². The van der Waals surface area contributed by atoms with E-state index >= 15 is 0 Å². The first-order chi connectivity index (χ1) is 9.29. The van der Waals surface area contributed by atoms with Gasteiger partial charge in [-0.05, 0) is 42.0 Å². The van der Waals surface area contributed by atoms with Gasteiger partial charge in [0.15, 0.2) is 0 Å². The summed E-state index contributed by atoms with van der Waals surface area (Å²) in [6.45, 7) is 0.601. The van der Waals surface area contributed by atoms with Crippen LogP contribution in [0.3, 0.4) is 0 Å². The standard InChI is InChI=1S/C15H16N2O2/c1-16-15(18)13-2-4-14(5-3-13)19-11-8-12-6-9-17-10-7-12/h2-7,9-10H,8,11H2,1H3,(H,16,18). The van der Waals surface area contributed by atoms with Crippen LogP contribution in [0.2, 0.25) is 0 Å². The van der Waals surface area contributed by atoms with Crippen molar-refractivity contribution < 1.29 is 9.53 Å². The third kappa shape index (κ3) is 3.81. The van der Waals surface area contributed by atoms with Crippen LogP contribution in [-0.2, 0) is 6.42 Å². The Morgan fingerprint density at radius 2 is 1.84 bits per heavy atom. The van der Waals surface area contributed by atoms with E-state index in [0.717, 1.165) is 12.2 Å². The fourth-order valence-electron chi connectivity index (χ4n) is 1.68. The number of benzene rings is 1. The van der Waals surface area contributed by atoms with Gasteiger partial charge in [0.05, 0.1) is 6.61 Å². The van der Waals surface area contributed by atoms with Gasteiger partial charge in [0, 0.05) is 31.4 Å². The van der Waals surface area contributed by atoms with Crippen molar-refractivity contribution in [3.05, 3.63) is 59.9 Å². The summed E-state index contributed by atoms with van der Waals surface area (Å²) in [4.78, 5) is 15.3. The van der Waals surface area contributed by atoms with Crippen molar-refractivity contribution in [3.63, 3.8) is 0 Å². The van der Waals surface area contributed by atoms with Crippen molar-refractivity contribution in [2.75, 3.05) is 13.7 Å². The molecule has 0 saturated carbocycles. The van der Waals surface area contributed by atoms with Gasteiger partial charge in [0.1, 0.15) is 5.75 Å². The summed E-state index contributed by atoms with van der Waals surface area (Å²) in [7, 11) is 1.61. The van der Waals surface area contributed by atoms with Crippen LogP contribution in [0.5, 0.6) is 5.75 Å². The normalized spacial score (nSPS) is 9.95. The predicted octanol–water partition coefficient (Wildman–Crippen LogP) is 2.06. The second-order valence-corrected chi connectivity index (χ2v) is 4.06. The number of aromatic nitrogens is 1. The van der Waals surface area contributed by atoms with E-state index in [4.69, 9.17) is 4.74 Å². The second-order valence-electron chi connectivity index (χ2n) is 4.06. The van der Waals surface area contributed by atoms with Crippen molar-refractivity contribution in [2.45, 2.75) is 6.42 Å². The zero-order chi connectivity index (χ0) is 13.5. The van der Waals surface area contributed by atoms with Crippen molar-refractivity contribution >= 4 is 5.91 Å². The molecule has 1 aromatic heterocycles. The summed E-state index contributed by atoms with van der Waals surface area (Å²) in [6, 6.07) is 11.0. The molecule has 2 aromatic rings. The summed E-state index contributed by atoms with van der Waals surface area (Å²) >= 11 is 0. The highest BCUT2D eigenvalue weighted by Crippen LogP contribution is 2.12. The van der Waals surface area contributed by atoms with Gasteiger partial charge in [-0.1, -0.05) is 0 Å². The average Bonchev–Trinajstić information content (AvgIpc) is 2.48. The Kier molecular flexibility index (Phi) is 4.50. The Labute approximate surface area is 112 Å². The minimum absolute atomic E-state index is 0.0941. The summed E-state index contributed by atoms with van der Waals surface area (Å²) < 4.78 is 5.63. The summed E-state index contributed by atoms with van der Waals surface area (Å²) in [5.74, 6) is 0.671. The number of rotatable bonds is 5. The average molecular weight is 256 g/mol. The van der Waals surface area contributed by atoms with Gasteiger partial charge in [0.2, 0.25) is 0 Å². The Morgan fingerprint density at radius 3 is 2.47 bits per heavy atom. The fourth-order valence-corrected chi connectivity index (χ4v) is 1.68. The third-order valence-corrected chi connectivity index (χ3v) is 2.75. The topological polar surface area (TPSA) is 51.2 Å². The van der Waals surface area contributed by atoms with E-state index in [1.807, 2.05) is 12.1 Å². The molecule has 19 heavy (non-hydrogen) atoms. The van der Waals surface area contributed by atoms with Gasteiger partial charge in [-0.25, -0.2) is 0 Å². The fraction of sp³-hybridized carbons (Fsp3) is 0.200. The van der Waals surface area contributed by atoms with Crippen molar-refractivity contribution in [1.82, 2.24) is 10.3 Å². The van der Waals surface area contributed by atoms with E-state index in [9.17, 15) is 4.79 Å². The molecule has 0 saturated heterocycles. The number of ether oxygens (including phenoxy) is 1. The molecule has 98 valence electrons. The van der Waals surface area contributed by atoms with Gasteiger partial charge in [-0.15, -0.1) is 0 Å². The van der Waals surface area contributed by atoms with Crippen LogP contribution in [0.4, 0.5) is 0 Å². The molecule has 1 aromatic carbocycles. The molecule has 4 heteroatoms. The summed E-state index contributed by atoms with van der Waals surface area (Å²) in [5.41, 5.74) is 1.82. The molecule has 0 aliphatic carbocycles. The third-order valence-electron chi connectivity index (χ3n) is 2.75. The Hall–Kier alpha value is -2.36. The molecule has 0 bridgehead atoms. The molecular weight excluding hydrogens is 240 g/mol. The molecule has 0 radical (unpaired) electrons. The first-order valence-electron chi connectivity index (χ1n) is 6.13. The predicted molar refractivity (Wildman–Crippen MR) is 73.3 cm³/mol. The number of carbonyl (C=O) groups excluding carboxylic acids is 1. The lowest BCUT2D eigenvalue weighted by Gasteiger charge is -2.07. The van der Waals surface area contributed by atoms with E-state index < -0.39 is 0 Å². The van der Waals surface area contributed by atoms with Gasteiger partial charge >= 0.3 is 0 Å². The zero-order valence-electron chi connectivity index (χ0n) is 10.8. The first-order valence-corrected chi connectivity index (χ1v) is 6.13. The molecule has 0 fully saturated rings. The molecule has 2 rings (SSSR count). The Bertz CT molecular complexity index is 524. The van der Waals surface area contributed by atoms with Crippen molar-refractivity contribution in [1.29, 1.82) is 0 Å². The number of hydrogen-bond donors (Lipinski definition) is 1. The first kappa shape index (κ1) is 13.1. The molecule has 0 atom stereocenters. The highest BCUT2D eigenvalue weighted by atomic mass is 16.5. The SMILES string of the molecule is CNC(=O)c1ccc(OCCc2ccncc2)cc1. The second kappa shape index (κ2) is 6.54. The molecule has 1 N–H and O–H groups in total. The molecule has 1 heterocycles. The minimum atomic E-state index is -0.0941. The highest BCUT2D eigenvalue weighted by Gasteiger charge is 2.02. The van der Waals surface area contributed by atoms with E-state index in [-0.39, 0.29) is 5.91 Å². The lowest BCUT2D eigenvalue weighted by molar-refractivity contribution is 0.0963. The monoisotopic (exact) mass is 256 g/mol. The largest absolute Gasteiger partial charge is 0.493 e. The van der Waals surface area contributed by atoms with Crippen molar-refractivity contribution in [2.24, 2.45) is 0 Å². The minimum Gasteiger partial charge on any atom is -0.493 e. The molecule has 0 aliphatic rings. The number of carbonyl (C=O) groups is 1. The van der Waals surface area contributed by atoms with E-state index in [1.54, 1.807) is 43.7 Å². The lowest BCUT2D eigenvalue weighted by Crippen LogP contribution is -2.17. The quantitative estimate of drug-likeness (QED) is 0.891. The zero-order valence-corrected chi connectivity index (χ0v) is 10.8. The molecule has 0 aliphatic heterocycles. The van der Waals surface area contributed by atoms with Crippen LogP contribution < -0.4 is 10.1 Å². The van der Waals surface area contributed by atoms with Crippen LogP contribution >= 0.6 is 0 Å². The van der Waals surface area contributed by atoms with Crippen molar-refractivity contribution in [3.8, 4) is 5.75 Å². The Balaban J connectivity index is 1.85.